The van der Waals surface area contributed by atoms with Gasteiger partial charge in [-0.2, -0.15) is 0 Å². The van der Waals surface area contributed by atoms with Gasteiger partial charge in [0.05, 0.1) is 18.7 Å². The second kappa shape index (κ2) is 7.55. The molecule has 0 aromatic carbocycles. The fraction of sp³-hybridized carbons (Fsp3) is 0.765. The van der Waals surface area contributed by atoms with Gasteiger partial charge in [-0.15, -0.1) is 10.2 Å². The maximum absolute atomic E-state index is 10.5. The lowest BCUT2D eigenvalue weighted by molar-refractivity contribution is 0.0760. The summed E-state index contributed by atoms with van der Waals surface area (Å²) in [6, 6.07) is 0.145. The molecule has 3 atom stereocenters. The Labute approximate surface area is 138 Å². The van der Waals surface area contributed by atoms with Crippen LogP contribution >= 0.6 is 0 Å². The largest absolute Gasteiger partial charge is 0.424 e. The molecule has 0 amide bonds. The van der Waals surface area contributed by atoms with E-state index in [9.17, 15) is 5.11 Å². The van der Waals surface area contributed by atoms with E-state index >= 15 is 0 Å². The minimum Gasteiger partial charge on any atom is -0.424 e. The highest BCUT2D eigenvalue weighted by atomic mass is 16.4. The first kappa shape index (κ1) is 16.6. The van der Waals surface area contributed by atoms with Crippen LogP contribution < -0.4 is 0 Å². The van der Waals surface area contributed by atoms with E-state index in [-0.39, 0.29) is 12.1 Å². The number of likely N-dealkylation sites (tertiary alicyclic amines) is 1. The number of aliphatic hydroxyl groups excluding tert-OH is 1. The first-order valence-corrected chi connectivity index (χ1v) is 8.74. The van der Waals surface area contributed by atoms with Crippen LogP contribution in [0.5, 0.6) is 0 Å². The van der Waals surface area contributed by atoms with Crippen LogP contribution in [-0.2, 0) is 6.54 Å². The topological polar surface area (TPSA) is 65.6 Å². The molecule has 1 fully saturated rings. The zero-order valence-electron chi connectivity index (χ0n) is 14.2. The maximum Gasteiger partial charge on any atom is 0.230 e. The van der Waals surface area contributed by atoms with Crippen molar-refractivity contribution in [1.29, 1.82) is 0 Å². The van der Waals surface area contributed by atoms with Crippen LogP contribution in [0, 0.1) is 12.8 Å². The molecule has 2 aliphatic rings. The van der Waals surface area contributed by atoms with Gasteiger partial charge in [0.1, 0.15) is 0 Å². The molecular weight excluding hydrogens is 292 g/mol. The number of aromatic nitrogens is 2. The predicted molar refractivity (Wildman–Crippen MR) is 87.8 cm³/mol. The lowest BCUT2D eigenvalue weighted by atomic mass is 9.94. The first-order valence-electron chi connectivity index (χ1n) is 8.74. The van der Waals surface area contributed by atoms with E-state index in [0.717, 1.165) is 32.1 Å². The summed E-state index contributed by atoms with van der Waals surface area (Å²) in [4.78, 5) is 4.67. The lowest BCUT2D eigenvalue weighted by Crippen LogP contribution is -2.43. The van der Waals surface area contributed by atoms with Crippen molar-refractivity contribution >= 4 is 0 Å². The highest BCUT2D eigenvalue weighted by Gasteiger charge is 2.36. The fourth-order valence-electron chi connectivity index (χ4n) is 3.78. The second-order valence-corrected chi connectivity index (χ2v) is 6.78. The summed E-state index contributed by atoms with van der Waals surface area (Å²) in [6.45, 7) is 8.17. The summed E-state index contributed by atoms with van der Waals surface area (Å²) in [5.41, 5.74) is 0. The number of β-amino-alcohol motifs (C(OH)–C–C–N with tert-alkyl or cyclic N) is 1. The average Bonchev–Trinajstić information content (AvgIpc) is 3.11. The minimum atomic E-state index is -0.307. The van der Waals surface area contributed by atoms with Gasteiger partial charge in [-0.3, -0.25) is 9.80 Å². The smallest absolute Gasteiger partial charge is 0.230 e. The molecule has 6 nitrogen and oxygen atoms in total. The molecule has 2 heterocycles. The second-order valence-electron chi connectivity index (χ2n) is 6.78. The molecule has 0 saturated carbocycles. The molecule has 23 heavy (non-hydrogen) atoms. The van der Waals surface area contributed by atoms with Gasteiger partial charge >= 0.3 is 0 Å². The molecule has 3 rings (SSSR count). The number of likely N-dealkylation sites (N-methyl/N-ethyl adjacent to an activating group) is 1. The number of hydrogen-bond acceptors (Lipinski definition) is 6. The van der Waals surface area contributed by atoms with E-state index in [4.69, 9.17) is 4.42 Å². The summed E-state index contributed by atoms with van der Waals surface area (Å²) in [5, 5.41) is 18.5. The number of hydrogen-bond donors (Lipinski definition) is 1. The van der Waals surface area contributed by atoms with Gasteiger partial charge in [0.2, 0.25) is 11.8 Å². The zero-order chi connectivity index (χ0) is 16.2. The van der Waals surface area contributed by atoms with Gasteiger partial charge in [0, 0.05) is 26.6 Å². The van der Waals surface area contributed by atoms with Crippen LogP contribution in [0.25, 0.3) is 0 Å². The monoisotopic (exact) mass is 320 g/mol. The van der Waals surface area contributed by atoms with Crippen molar-refractivity contribution in [2.75, 3.05) is 26.2 Å². The third kappa shape index (κ3) is 4.19. The Kier molecular flexibility index (Phi) is 5.46. The third-order valence-corrected chi connectivity index (χ3v) is 5.01. The quantitative estimate of drug-likeness (QED) is 0.803. The molecule has 1 aromatic rings. The molecule has 1 aliphatic heterocycles. The molecule has 0 bridgehead atoms. The van der Waals surface area contributed by atoms with Crippen molar-refractivity contribution in [2.45, 2.75) is 51.8 Å². The van der Waals surface area contributed by atoms with E-state index in [1.54, 1.807) is 6.92 Å². The van der Waals surface area contributed by atoms with E-state index in [2.05, 4.69) is 39.1 Å². The number of rotatable bonds is 6. The van der Waals surface area contributed by atoms with Gasteiger partial charge in [0.25, 0.3) is 0 Å². The highest BCUT2D eigenvalue weighted by Crippen LogP contribution is 2.24. The first-order chi connectivity index (χ1) is 11.2. The van der Waals surface area contributed by atoms with Gasteiger partial charge in [-0.05, 0) is 31.7 Å². The van der Waals surface area contributed by atoms with Crippen molar-refractivity contribution in [2.24, 2.45) is 5.92 Å². The minimum absolute atomic E-state index is 0.145. The summed E-state index contributed by atoms with van der Waals surface area (Å²) in [6.07, 6.45) is 7.92. The van der Waals surface area contributed by atoms with Crippen LogP contribution in [-0.4, -0.2) is 63.4 Å². The molecule has 1 saturated heterocycles. The molecule has 0 spiro atoms. The van der Waals surface area contributed by atoms with Gasteiger partial charge < -0.3 is 9.52 Å². The van der Waals surface area contributed by atoms with E-state index in [1.807, 2.05) is 0 Å². The van der Waals surface area contributed by atoms with Gasteiger partial charge in [-0.25, -0.2) is 0 Å². The van der Waals surface area contributed by atoms with Crippen molar-refractivity contribution in [3.05, 3.63) is 23.9 Å². The predicted octanol–water partition coefficient (Wildman–Crippen LogP) is 1.60. The van der Waals surface area contributed by atoms with Crippen LogP contribution in [0.4, 0.5) is 0 Å². The molecule has 128 valence electrons. The van der Waals surface area contributed by atoms with Crippen LogP contribution in [0.1, 0.15) is 38.0 Å². The Morgan fingerprint density at radius 3 is 2.87 bits per heavy atom. The van der Waals surface area contributed by atoms with Crippen molar-refractivity contribution in [1.82, 2.24) is 20.0 Å². The maximum atomic E-state index is 10.5. The Balaban J connectivity index is 1.56. The Bertz CT molecular complexity index is 530. The summed E-state index contributed by atoms with van der Waals surface area (Å²) >= 11 is 0. The van der Waals surface area contributed by atoms with E-state index in [0.29, 0.717) is 18.3 Å². The lowest BCUT2D eigenvalue weighted by Gasteiger charge is -2.28. The molecular formula is C17H28N4O2. The Hall–Kier alpha value is -1.24. The molecule has 6 heteroatoms. The Morgan fingerprint density at radius 2 is 2.22 bits per heavy atom. The molecule has 0 radical (unpaired) electrons. The van der Waals surface area contributed by atoms with Crippen molar-refractivity contribution in [3.63, 3.8) is 0 Å². The van der Waals surface area contributed by atoms with Gasteiger partial charge in [0.15, 0.2) is 0 Å². The van der Waals surface area contributed by atoms with Crippen LogP contribution in [0.2, 0.25) is 0 Å². The normalized spacial score (nSPS) is 28.8. The average molecular weight is 320 g/mol. The highest BCUT2D eigenvalue weighted by molar-refractivity contribution is 4.95. The Morgan fingerprint density at radius 1 is 1.35 bits per heavy atom. The summed E-state index contributed by atoms with van der Waals surface area (Å²) in [5.74, 6) is 1.96. The molecule has 1 N–H and O–H groups in total. The number of nitrogens with zero attached hydrogens (tertiary/aromatic N) is 4. The SMILES string of the molecule is CCN(Cc1nnc(C)o1)[C@@H]1CN(C[C@@H]2CC=CCC2)C[C@H]1O. The molecule has 0 unspecified atom stereocenters. The molecule has 1 aromatic heterocycles. The standard InChI is InChI=1S/C17H28N4O2/c1-3-21(12-17-19-18-13(2)23-17)15-10-20(11-16(15)22)9-14-7-5-4-6-8-14/h4-5,14-16,22H,3,6-12H2,1-2H3/t14-,15-,16-/m1/s1. The summed E-state index contributed by atoms with van der Waals surface area (Å²) in [7, 11) is 0. The molecule has 1 aliphatic carbocycles. The zero-order valence-corrected chi connectivity index (χ0v) is 14.2. The number of aryl methyl sites for hydroxylation is 1. The van der Waals surface area contributed by atoms with E-state index < -0.39 is 0 Å². The van der Waals surface area contributed by atoms with Crippen molar-refractivity contribution in [3.8, 4) is 0 Å². The van der Waals surface area contributed by atoms with E-state index in [1.165, 1.54) is 19.3 Å². The van der Waals surface area contributed by atoms with Crippen LogP contribution in [0.15, 0.2) is 16.6 Å². The van der Waals surface area contributed by atoms with Gasteiger partial charge in [-0.1, -0.05) is 19.1 Å². The third-order valence-electron chi connectivity index (χ3n) is 5.01. The summed E-state index contributed by atoms with van der Waals surface area (Å²) < 4.78 is 5.49. The van der Waals surface area contributed by atoms with Crippen molar-refractivity contribution < 1.29 is 9.52 Å². The van der Waals surface area contributed by atoms with Crippen LogP contribution in [0.3, 0.4) is 0 Å². The number of aliphatic hydroxyl groups is 1. The number of allylic oxidation sites excluding steroid dienone is 2. The fourth-order valence-corrected chi connectivity index (χ4v) is 3.78.